The number of nitriles is 1. The van der Waals surface area contributed by atoms with Crippen LogP contribution in [0.3, 0.4) is 0 Å². The first-order valence-corrected chi connectivity index (χ1v) is 8.75. The Morgan fingerprint density at radius 2 is 2.00 bits per heavy atom. The van der Waals surface area contributed by atoms with Crippen molar-refractivity contribution in [1.29, 1.82) is 10.7 Å². The minimum absolute atomic E-state index is 0.303. The minimum atomic E-state index is -0.467. The van der Waals surface area contributed by atoms with Crippen LogP contribution in [0.5, 0.6) is 5.75 Å². The predicted octanol–water partition coefficient (Wildman–Crippen LogP) is 3.74. The topological polar surface area (TPSA) is 98.9 Å². The number of carbonyl (C=O) groups is 1. The van der Waals surface area contributed by atoms with E-state index in [2.05, 4.69) is 22.3 Å². The molecule has 3 rings (SSSR count). The number of amides is 1. The summed E-state index contributed by atoms with van der Waals surface area (Å²) in [5.74, 6) is 1.87. The van der Waals surface area contributed by atoms with Gasteiger partial charge in [0.05, 0.1) is 24.3 Å². The van der Waals surface area contributed by atoms with Gasteiger partial charge in [-0.3, -0.25) is 20.5 Å². The molecule has 0 saturated carbocycles. The molecule has 3 aromatic rings. The summed E-state index contributed by atoms with van der Waals surface area (Å²) >= 11 is 0. The van der Waals surface area contributed by atoms with Crippen LogP contribution in [0.1, 0.15) is 27.2 Å². The number of rotatable bonds is 3. The number of hydrogen-bond acceptors (Lipinski definition) is 5. The van der Waals surface area contributed by atoms with E-state index in [-0.39, 0.29) is 5.84 Å². The summed E-state index contributed by atoms with van der Waals surface area (Å²) in [4.78, 5) is 17.1. The molecule has 0 aliphatic rings. The number of aryl methyl sites for hydroxylation is 1. The third-order valence-electron chi connectivity index (χ3n) is 4.72. The predicted molar refractivity (Wildman–Crippen MR) is 112 cm³/mol. The van der Waals surface area contributed by atoms with E-state index in [1.54, 1.807) is 37.4 Å². The third-order valence-corrected chi connectivity index (χ3v) is 4.72. The van der Waals surface area contributed by atoms with Gasteiger partial charge in [0.25, 0.3) is 5.91 Å². The molecule has 6 nitrogen and oxygen atoms in total. The van der Waals surface area contributed by atoms with E-state index in [1.165, 1.54) is 0 Å². The Morgan fingerprint density at radius 1 is 1.24 bits per heavy atom. The summed E-state index contributed by atoms with van der Waals surface area (Å²) < 4.78 is 5.53. The lowest BCUT2D eigenvalue weighted by atomic mass is 9.93. The summed E-state index contributed by atoms with van der Waals surface area (Å²) in [7, 11) is 1.55. The van der Waals surface area contributed by atoms with E-state index in [1.807, 2.05) is 19.9 Å². The summed E-state index contributed by atoms with van der Waals surface area (Å²) in [6.07, 6.45) is 5.15. The van der Waals surface area contributed by atoms with Gasteiger partial charge in [-0.2, -0.15) is 5.26 Å². The van der Waals surface area contributed by atoms with Crippen LogP contribution in [-0.2, 0) is 0 Å². The van der Waals surface area contributed by atoms with E-state index in [4.69, 9.17) is 16.6 Å². The molecule has 0 spiro atoms. The van der Waals surface area contributed by atoms with E-state index in [9.17, 15) is 10.1 Å². The van der Waals surface area contributed by atoms with Crippen LogP contribution in [0.2, 0.25) is 0 Å². The van der Waals surface area contributed by atoms with E-state index in [0.29, 0.717) is 16.9 Å². The van der Waals surface area contributed by atoms with Gasteiger partial charge in [0.2, 0.25) is 0 Å². The Hall–Kier alpha value is -4.16. The van der Waals surface area contributed by atoms with Gasteiger partial charge in [-0.25, -0.2) is 0 Å². The number of terminal acetylenes is 1. The summed E-state index contributed by atoms with van der Waals surface area (Å²) in [5, 5.41) is 19.8. The van der Waals surface area contributed by atoms with Crippen molar-refractivity contribution in [1.82, 2.24) is 10.3 Å². The highest BCUT2D eigenvalue weighted by Gasteiger charge is 2.17. The molecular formula is C23H18N4O2. The monoisotopic (exact) mass is 382 g/mol. The maximum absolute atomic E-state index is 12.4. The lowest BCUT2D eigenvalue weighted by Crippen LogP contribution is -2.28. The molecule has 0 radical (unpaired) electrons. The second kappa shape index (κ2) is 7.84. The smallest absolute Gasteiger partial charge is 0.257 e. The van der Waals surface area contributed by atoms with Gasteiger partial charge in [0.1, 0.15) is 5.75 Å². The molecule has 6 heteroatoms. The Morgan fingerprint density at radius 3 is 2.66 bits per heavy atom. The zero-order valence-corrected chi connectivity index (χ0v) is 16.3. The zero-order valence-electron chi connectivity index (χ0n) is 16.3. The van der Waals surface area contributed by atoms with Gasteiger partial charge in [-0.15, -0.1) is 6.42 Å². The lowest BCUT2D eigenvalue weighted by molar-refractivity contribution is 0.0977. The fourth-order valence-corrected chi connectivity index (χ4v) is 3.16. The van der Waals surface area contributed by atoms with Gasteiger partial charge in [-0.1, -0.05) is 0 Å². The molecule has 2 N–H and O–H groups in total. The second-order valence-electron chi connectivity index (χ2n) is 6.43. The molecule has 0 aliphatic carbocycles. The normalized spacial score (nSPS) is 10.1. The van der Waals surface area contributed by atoms with Crippen molar-refractivity contribution in [2.75, 3.05) is 7.11 Å². The number of amidine groups is 1. The summed E-state index contributed by atoms with van der Waals surface area (Å²) in [6.45, 7) is 3.87. The van der Waals surface area contributed by atoms with Crippen LogP contribution < -0.4 is 10.1 Å². The molecule has 1 amide bonds. The number of fused-ring (bicyclic) bond motifs is 1. The standard InChI is InChI=1S/C23H18N4O2/c1-5-21(25)27-23(28)16-7-9-19-18(11-16)22(13(2)14(3)26-19)17-8-6-15(12-24)10-20(17)29-4/h1,6-11H,2-4H3,(H2,25,27,28). The van der Waals surface area contributed by atoms with Crippen LogP contribution in [0, 0.1) is 42.9 Å². The van der Waals surface area contributed by atoms with E-state index in [0.717, 1.165) is 33.3 Å². The molecular weight excluding hydrogens is 364 g/mol. The number of hydrogen-bond donors (Lipinski definition) is 2. The molecule has 0 bridgehead atoms. The highest BCUT2D eigenvalue weighted by atomic mass is 16.5. The maximum Gasteiger partial charge on any atom is 0.257 e. The SMILES string of the molecule is C#CC(=N)NC(=O)c1ccc2nc(C)c(C)c(-c3ccc(C#N)cc3OC)c2c1. The van der Waals surface area contributed by atoms with Gasteiger partial charge in [0, 0.05) is 22.2 Å². The van der Waals surface area contributed by atoms with Gasteiger partial charge >= 0.3 is 0 Å². The number of aromatic nitrogens is 1. The van der Waals surface area contributed by atoms with Gasteiger partial charge in [0.15, 0.2) is 5.84 Å². The number of benzene rings is 2. The van der Waals surface area contributed by atoms with Crippen LogP contribution in [0.25, 0.3) is 22.0 Å². The largest absolute Gasteiger partial charge is 0.496 e. The molecule has 29 heavy (non-hydrogen) atoms. The van der Waals surface area contributed by atoms with Crippen LogP contribution in [0.15, 0.2) is 36.4 Å². The molecule has 142 valence electrons. The molecule has 1 heterocycles. The first kappa shape index (κ1) is 19.6. The number of methoxy groups -OCH3 is 1. The molecule has 0 atom stereocenters. The first-order chi connectivity index (χ1) is 13.9. The molecule has 0 unspecified atom stereocenters. The third kappa shape index (κ3) is 3.65. The number of nitrogens with one attached hydrogen (secondary N) is 2. The van der Waals surface area contributed by atoms with Crippen molar-refractivity contribution in [3.8, 4) is 35.3 Å². The Labute approximate surface area is 168 Å². The Bertz CT molecular complexity index is 1250. The van der Waals surface area contributed by atoms with Gasteiger partial charge < -0.3 is 4.74 Å². The van der Waals surface area contributed by atoms with E-state index < -0.39 is 5.91 Å². The Kier molecular flexibility index (Phi) is 5.29. The van der Waals surface area contributed by atoms with Crippen LogP contribution in [-0.4, -0.2) is 23.8 Å². The summed E-state index contributed by atoms with van der Waals surface area (Å²) in [5.41, 5.74) is 5.03. The van der Waals surface area contributed by atoms with Crippen LogP contribution >= 0.6 is 0 Å². The number of ether oxygens (including phenoxy) is 1. The van der Waals surface area contributed by atoms with Crippen molar-refractivity contribution in [3.63, 3.8) is 0 Å². The average Bonchev–Trinajstić information content (AvgIpc) is 2.73. The summed E-state index contributed by atoms with van der Waals surface area (Å²) in [6, 6.07) is 12.5. The fourth-order valence-electron chi connectivity index (χ4n) is 3.16. The van der Waals surface area contributed by atoms with Crippen molar-refractivity contribution in [2.45, 2.75) is 13.8 Å². The molecule has 0 saturated heterocycles. The average molecular weight is 382 g/mol. The minimum Gasteiger partial charge on any atom is -0.496 e. The quantitative estimate of drug-likeness (QED) is 0.409. The Balaban J connectivity index is 2.29. The zero-order chi connectivity index (χ0) is 21.1. The second-order valence-corrected chi connectivity index (χ2v) is 6.43. The van der Waals surface area contributed by atoms with E-state index >= 15 is 0 Å². The first-order valence-electron chi connectivity index (χ1n) is 8.75. The maximum atomic E-state index is 12.4. The lowest BCUT2D eigenvalue weighted by Gasteiger charge is -2.16. The van der Waals surface area contributed by atoms with Gasteiger partial charge in [-0.05, 0) is 67.3 Å². The van der Waals surface area contributed by atoms with Crippen molar-refractivity contribution < 1.29 is 9.53 Å². The van der Waals surface area contributed by atoms with Crippen LogP contribution in [0.4, 0.5) is 0 Å². The highest BCUT2D eigenvalue weighted by molar-refractivity contribution is 6.12. The highest BCUT2D eigenvalue weighted by Crippen LogP contribution is 2.38. The number of carbonyl (C=O) groups excluding carboxylic acids is 1. The van der Waals surface area contributed by atoms with Crippen molar-refractivity contribution >= 4 is 22.6 Å². The molecule has 0 aliphatic heterocycles. The van der Waals surface area contributed by atoms with Crippen molar-refractivity contribution in [2.24, 2.45) is 0 Å². The molecule has 2 aromatic carbocycles. The number of pyridine rings is 1. The van der Waals surface area contributed by atoms with Crippen molar-refractivity contribution in [3.05, 3.63) is 58.8 Å². The molecule has 1 aromatic heterocycles. The molecule has 0 fully saturated rings. The fraction of sp³-hybridized carbons (Fsp3) is 0.130. The number of nitrogens with zero attached hydrogens (tertiary/aromatic N) is 2.